The van der Waals surface area contributed by atoms with Crippen LogP contribution in [0, 0.1) is 0 Å². The Balaban J connectivity index is 2.39. The molecule has 0 fully saturated rings. The zero-order valence-corrected chi connectivity index (χ0v) is 10.0. The fourth-order valence-electron chi connectivity index (χ4n) is 2.38. The van der Waals surface area contributed by atoms with Gasteiger partial charge in [-0.25, -0.2) is 0 Å². The number of rotatable bonds is 2. The largest absolute Gasteiger partial charge is 0.384 e. The average molecular weight is 234 g/mol. The van der Waals surface area contributed by atoms with E-state index in [1.165, 1.54) is 10.8 Å². The molecule has 88 valence electrons. The second-order valence-electron chi connectivity index (χ2n) is 4.45. The number of benzene rings is 3. The number of aliphatic hydroxyl groups is 1. The normalized spacial score (nSPS) is 12.7. The molecule has 1 unspecified atom stereocenters. The lowest BCUT2D eigenvalue weighted by Crippen LogP contribution is -1.93. The molecular weight excluding hydrogens is 220 g/mol. The first kappa shape index (κ1) is 11.0. The molecule has 3 aromatic rings. The first-order chi connectivity index (χ1) is 8.79. The summed E-state index contributed by atoms with van der Waals surface area (Å²) in [7, 11) is 0. The second kappa shape index (κ2) is 4.28. The van der Waals surface area contributed by atoms with E-state index in [1.807, 2.05) is 24.3 Å². The van der Waals surface area contributed by atoms with Crippen LogP contribution < -0.4 is 0 Å². The Bertz CT molecular complexity index is 728. The number of aliphatic hydroxyl groups excluding tert-OH is 1. The molecule has 0 heterocycles. The van der Waals surface area contributed by atoms with Crippen LogP contribution in [0.3, 0.4) is 0 Å². The summed E-state index contributed by atoms with van der Waals surface area (Å²) < 4.78 is 0. The van der Waals surface area contributed by atoms with Crippen molar-refractivity contribution in [3.63, 3.8) is 0 Å². The molecule has 0 saturated heterocycles. The van der Waals surface area contributed by atoms with Crippen molar-refractivity contribution < 1.29 is 5.11 Å². The lowest BCUT2D eigenvalue weighted by Gasteiger charge is -2.11. The first-order valence-corrected chi connectivity index (χ1v) is 6.01. The van der Waals surface area contributed by atoms with Gasteiger partial charge in [0, 0.05) is 0 Å². The third-order valence-electron chi connectivity index (χ3n) is 3.32. The van der Waals surface area contributed by atoms with Gasteiger partial charge in [-0.15, -0.1) is 6.58 Å². The van der Waals surface area contributed by atoms with E-state index in [0.29, 0.717) is 0 Å². The molecule has 0 aliphatic rings. The van der Waals surface area contributed by atoms with Crippen molar-refractivity contribution in [3.05, 3.63) is 72.8 Å². The minimum atomic E-state index is -0.616. The van der Waals surface area contributed by atoms with Gasteiger partial charge in [0.05, 0.1) is 6.10 Å². The molecule has 1 nitrogen and oxygen atoms in total. The van der Waals surface area contributed by atoms with Gasteiger partial charge in [0.25, 0.3) is 0 Å². The maximum Gasteiger partial charge on any atom is 0.0975 e. The maximum atomic E-state index is 9.98. The first-order valence-electron chi connectivity index (χ1n) is 6.01. The minimum absolute atomic E-state index is 0.616. The van der Waals surface area contributed by atoms with Gasteiger partial charge >= 0.3 is 0 Å². The SMILES string of the molecule is C=CC(O)c1cccc2cc3ccccc3cc12. The smallest absolute Gasteiger partial charge is 0.0975 e. The van der Waals surface area contributed by atoms with Crippen molar-refractivity contribution in [1.82, 2.24) is 0 Å². The van der Waals surface area contributed by atoms with Gasteiger partial charge in [-0.2, -0.15) is 0 Å². The second-order valence-corrected chi connectivity index (χ2v) is 4.45. The van der Waals surface area contributed by atoms with E-state index < -0.39 is 6.10 Å². The predicted molar refractivity (Wildman–Crippen MR) is 76.6 cm³/mol. The summed E-state index contributed by atoms with van der Waals surface area (Å²) in [5.41, 5.74) is 0.910. The van der Waals surface area contributed by atoms with Crippen molar-refractivity contribution in [3.8, 4) is 0 Å². The Morgan fingerprint density at radius 1 is 0.889 bits per heavy atom. The van der Waals surface area contributed by atoms with E-state index in [9.17, 15) is 5.11 Å². The van der Waals surface area contributed by atoms with Crippen LogP contribution in [-0.2, 0) is 0 Å². The van der Waals surface area contributed by atoms with E-state index in [-0.39, 0.29) is 0 Å². The van der Waals surface area contributed by atoms with E-state index in [0.717, 1.165) is 16.3 Å². The standard InChI is InChI=1S/C17H14O/c1-2-17(18)15-9-5-8-14-10-12-6-3-4-7-13(12)11-16(14)15/h2-11,17-18H,1H2. The van der Waals surface area contributed by atoms with E-state index in [4.69, 9.17) is 0 Å². The Morgan fingerprint density at radius 3 is 2.28 bits per heavy atom. The zero-order valence-electron chi connectivity index (χ0n) is 10.0. The number of hydrogen-bond acceptors (Lipinski definition) is 1. The van der Waals surface area contributed by atoms with Crippen LogP contribution in [0.4, 0.5) is 0 Å². The third-order valence-corrected chi connectivity index (χ3v) is 3.32. The summed E-state index contributed by atoms with van der Waals surface area (Å²) >= 11 is 0. The Labute approximate surface area is 106 Å². The lowest BCUT2D eigenvalue weighted by molar-refractivity contribution is 0.230. The molecular formula is C17H14O. The molecule has 1 heteroatoms. The van der Waals surface area contributed by atoms with Crippen LogP contribution in [0.25, 0.3) is 21.5 Å². The quantitative estimate of drug-likeness (QED) is 0.520. The topological polar surface area (TPSA) is 20.2 Å². The third kappa shape index (κ3) is 1.69. The Kier molecular flexibility index (Phi) is 2.62. The highest BCUT2D eigenvalue weighted by molar-refractivity contribution is 5.99. The highest BCUT2D eigenvalue weighted by Crippen LogP contribution is 2.29. The molecule has 0 spiro atoms. The molecule has 3 rings (SSSR count). The summed E-state index contributed by atoms with van der Waals surface area (Å²) in [6, 6.07) is 18.5. The van der Waals surface area contributed by atoms with Crippen LogP contribution in [0.15, 0.2) is 67.3 Å². The molecule has 0 aliphatic heterocycles. The van der Waals surface area contributed by atoms with Gasteiger partial charge in [0.2, 0.25) is 0 Å². The molecule has 1 atom stereocenters. The van der Waals surface area contributed by atoms with Crippen LogP contribution in [0.5, 0.6) is 0 Å². The summed E-state index contributed by atoms with van der Waals surface area (Å²) in [6.07, 6.45) is 0.944. The highest BCUT2D eigenvalue weighted by Gasteiger charge is 2.08. The fraction of sp³-hybridized carbons (Fsp3) is 0.0588. The average Bonchev–Trinajstić information content (AvgIpc) is 2.43. The van der Waals surface area contributed by atoms with Crippen LogP contribution in [0.1, 0.15) is 11.7 Å². The van der Waals surface area contributed by atoms with Crippen molar-refractivity contribution in [1.29, 1.82) is 0 Å². The van der Waals surface area contributed by atoms with Gasteiger partial charge in [-0.1, -0.05) is 48.5 Å². The Morgan fingerprint density at radius 2 is 1.56 bits per heavy atom. The summed E-state index contributed by atoms with van der Waals surface area (Å²) in [4.78, 5) is 0. The summed E-state index contributed by atoms with van der Waals surface area (Å²) in [5.74, 6) is 0. The molecule has 0 amide bonds. The predicted octanol–water partition coefficient (Wildman–Crippen LogP) is 4.21. The molecule has 18 heavy (non-hydrogen) atoms. The van der Waals surface area contributed by atoms with Gasteiger partial charge in [-0.3, -0.25) is 0 Å². The lowest BCUT2D eigenvalue weighted by atomic mass is 9.97. The monoisotopic (exact) mass is 234 g/mol. The molecule has 0 saturated carbocycles. The summed E-state index contributed by atoms with van der Waals surface area (Å²) in [5, 5.41) is 14.6. The zero-order chi connectivity index (χ0) is 12.5. The molecule has 0 bridgehead atoms. The Hall–Kier alpha value is -2.12. The summed E-state index contributed by atoms with van der Waals surface area (Å²) in [6.45, 7) is 3.66. The van der Waals surface area contributed by atoms with E-state index in [2.05, 4.69) is 36.9 Å². The molecule has 0 aromatic heterocycles. The fourth-order valence-corrected chi connectivity index (χ4v) is 2.38. The maximum absolute atomic E-state index is 9.98. The van der Waals surface area contributed by atoms with Crippen LogP contribution >= 0.6 is 0 Å². The molecule has 1 N–H and O–H groups in total. The number of hydrogen-bond donors (Lipinski definition) is 1. The van der Waals surface area contributed by atoms with Crippen LogP contribution in [-0.4, -0.2) is 5.11 Å². The molecule has 0 aliphatic carbocycles. The van der Waals surface area contributed by atoms with E-state index in [1.54, 1.807) is 6.08 Å². The molecule has 3 aromatic carbocycles. The van der Waals surface area contributed by atoms with E-state index >= 15 is 0 Å². The molecule has 0 radical (unpaired) electrons. The van der Waals surface area contributed by atoms with Gasteiger partial charge in [0.1, 0.15) is 0 Å². The van der Waals surface area contributed by atoms with Gasteiger partial charge < -0.3 is 5.11 Å². The highest BCUT2D eigenvalue weighted by atomic mass is 16.3. The minimum Gasteiger partial charge on any atom is -0.384 e. The van der Waals surface area contributed by atoms with Crippen LogP contribution in [0.2, 0.25) is 0 Å². The van der Waals surface area contributed by atoms with Gasteiger partial charge in [-0.05, 0) is 39.2 Å². The number of fused-ring (bicyclic) bond motifs is 2. The van der Waals surface area contributed by atoms with Crippen molar-refractivity contribution in [2.75, 3.05) is 0 Å². The van der Waals surface area contributed by atoms with Crippen molar-refractivity contribution >= 4 is 21.5 Å². The van der Waals surface area contributed by atoms with Crippen molar-refractivity contribution in [2.24, 2.45) is 0 Å². The van der Waals surface area contributed by atoms with Gasteiger partial charge in [0.15, 0.2) is 0 Å². The van der Waals surface area contributed by atoms with Crippen molar-refractivity contribution in [2.45, 2.75) is 6.10 Å².